The van der Waals surface area contributed by atoms with Gasteiger partial charge in [-0.1, -0.05) is 19.0 Å². The Hall–Kier alpha value is -1.93. The molecule has 0 aliphatic rings. The van der Waals surface area contributed by atoms with Crippen LogP contribution in [0.5, 0.6) is 0 Å². The lowest BCUT2D eigenvalue weighted by Gasteiger charge is -2.22. The summed E-state index contributed by atoms with van der Waals surface area (Å²) in [5.41, 5.74) is -0.300. The minimum absolute atomic E-state index is 0.133. The first kappa shape index (κ1) is 17.4. The van der Waals surface area contributed by atoms with E-state index in [0.717, 1.165) is 5.56 Å². The van der Waals surface area contributed by atoms with Crippen molar-refractivity contribution in [2.24, 2.45) is 0 Å². The molecule has 2 aromatic heterocycles. The van der Waals surface area contributed by atoms with Crippen LogP contribution < -0.4 is 10.6 Å². The summed E-state index contributed by atoms with van der Waals surface area (Å²) in [5.74, 6) is 1.37. The summed E-state index contributed by atoms with van der Waals surface area (Å²) in [6.07, 6.45) is 0.466. The first-order chi connectivity index (χ1) is 10.9. The van der Waals surface area contributed by atoms with Crippen molar-refractivity contribution in [1.82, 2.24) is 20.8 Å². The number of hydrogen-bond acceptors (Lipinski definition) is 6. The van der Waals surface area contributed by atoms with Crippen LogP contribution in [0.15, 0.2) is 21.3 Å². The van der Waals surface area contributed by atoms with Crippen molar-refractivity contribution in [2.45, 2.75) is 38.7 Å². The van der Waals surface area contributed by atoms with E-state index in [0.29, 0.717) is 24.7 Å². The highest BCUT2D eigenvalue weighted by Gasteiger charge is 2.24. The molecule has 7 nitrogen and oxygen atoms in total. The van der Waals surface area contributed by atoms with Crippen LogP contribution in [0.2, 0.25) is 0 Å². The fourth-order valence-corrected chi connectivity index (χ4v) is 2.66. The van der Waals surface area contributed by atoms with Gasteiger partial charge in [-0.05, 0) is 29.3 Å². The second kappa shape index (κ2) is 7.56. The molecule has 0 unspecified atom stereocenters. The van der Waals surface area contributed by atoms with Crippen LogP contribution >= 0.6 is 11.3 Å². The minimum atomic E-state index is -1.09. The van der Waals surface area contributed by atoms with Gasteiger partial charge in [0.25, 0.3) is 0 Å². The predicted octanol–water partition coefficient (Wildman–Crippen LogP) is 2.00. The van der Waals surface area contributed by atoms with Crippen LogP contribution in [-0.2, 0) is 12.0 Å². The van der Waals surface area contributed by atoms with Crippen molar-refractivity contribution in [3.8, 4) is 0 Å². The van der Waals surface area contributed by atoms with Crippen molar-refractivity contribution in [1.29, 1.82) is 0 Å². The maximum Gasteiger partial charge on any atom is 0.314 e. The molecule has 3 N–H and O–H groups in total. The molecular formula is C15H22N4O3S. The molecular weight excluding hydrogens is 316 g/mol. The van der Waals surface area contributed by atoms with Gasteiger partial charge in [0.15, 0.2) is 5.82 Å². The maximum atomic E-state index is 11.8. The smallest absolute Gasteiger partial charge is 0.314 e. The Morgan fingerprint density at radius 3 is 2.87 bits per heavy atom. The highest BCUT2D eigenvalue weighted by atomic mass is 32.1. The third-order valence-electron chi connectivity index (χ3n) is 3.36. The van der Waals surface area contributed by atoms with E-state index in [9.17, 15) is 9.90 Å². The Morgan fingerprint density at radius 2 is 2.26 bits per heavy atom. The van der Waals surface area contributed by atoms with Gasteiger partial charge in [-0.15, -0.1) is 0 Å². The highest BCUT2D eigenvalue weighted by molar-refractivity contribution is 7.08. The number of nitrogens with zero attached hydrogens (tertiary/aromatic N) is 2. The molecule has 2 heterocycles. The average Bonchev–Trinajstić information content (AvgIpc) is 3.17. The summed E-state index contributed by atoms with van der Waals surface area (Å²) in [7, 11) is 0. The molecule has 2 aromatic rings. The third-order valence-corrected chi connectivity index (χ3v) is 4.04. The van der Waals surface area contributed by atoms with E-state index in [1.165, 1.54) is 11.3 Å². The van der Waals surface area contributed by atoms with E-state index < -0.39 is 5.60 Å². The Bertz CT molecular complexity index is 622. The third kappa shape index (κ3) is 5.04. The van der Waals surface area contributed by atoms with Gasteiger partial charge in [-0.25, -0.2) is 4.79 Å². The Kier molecular flexibility index (Phi) is 5.73. The number of aromatic nitrogens is 2. The van der Waals surface area contributed by atoms with Gasteiger partial charge in [-0.3, -0.25) is 0 Å². The van der Waals surface area contributed by atoms with Crippen LogP contribution in [-0.4, -0.2) is 34.4 Å². The highest BCUT2D eigenvalue weighted by Crippen LogP contribution is 2.21. The second-order valence-corrected chi connectivity index (χ2v) is 6.63. The number of carbonyl (C=O) groups is 1. The molecule has 0 aliphatic heterocycles. The Morgan fingerprint density at radius 1 is 1.48 bits per heavy atom. The molecule has 8 heteroatoms. The number of carbonyl (C=O) groups excluding carboxylic acids is 1. The van der Waals surface area contributed by atoms with E-state index in [-0.39, 0.29) is 18.5 Å². The van der Waals surface area contributed by atoms with Gasteiger partial charge < -0.3 is 20.3 Å². The standard InChI is InChI=1S/C15H22N4O3S/c1-10(2)13-18-12(22-19-13)4-6-16-14(20)17-9-15(3,21)11-5-7-23-8-11/h5,7-8,10,21H,4,6,9H2,1-3H3,(H2,16,17,20)/t15-/m1/s1. The average molecular weight is 338 g/mol. The molecule has 0 radical (unpaired) electrons. The Balaban J connectivity index is 1.71. The lowest BCUT2D eigenvalue weighted by molar-refractivity contribution is 0.0598. The number of aliphatic hydroxyl groups is 1. The molecule has 0 saturated carbocycles. The number of rotatable bonds is 7. The van der Waals surface area contributed by atoms with Crippen LogP contribution in [0.4, 0.5) is 4.79 Å². The van der Waals surface area contributed by atoms with Gasteiger partial charge in [0.2, 0.25) is 5.89 Å². The predicted molar refractivity (Wildman–Crippen MR) is 87.4 cm³/mol. The maximum absolute atomic E-state index is 11.8. The van der Waals surface area contributed by atoms with E-state index in [1.807, 2.05) is 30.7 Å². The summed E-state index contributed by atoms with van der Waals surface area (Å²) in [6, 6.07) is 1.50. The monoisotopic (exact) mass is 338 g/mol. The van der Waals surface area contributed by atoms with Crippen molar-refractivity contribution in [3.63, 3.8) is 0 Å². The van der Waals surface area contributed by atoms with Gasteiger partial charge in [0.05, 0.1) is 6.54 Å². The van der Waals surface area contributed by atoms with Gasteiger partial charge in [0.1, 0.15) is 5.60 Å². The molecule has 0 fully saturated rings. The number of hydrogen-bond donors (Lipinski definition) is 3. The number of thiophene rings is 1. The zero-order valence-corrected chi connectivity index (χ0v) is 14.3. The van der Waals surface area contributed by atoms with Crippen LogP contribution in [0.3, 0.4) is 0 Å². The Labute approximate surface area is 139 Å². The van der Waals surface area contributed by atoms with Crippen molar-refractivity contribution in [2.75, 3.05) is 13.1 Å². The molecule has 23 heavy (non-hydrogen) atoms. The topological polar surface area (TPSA) is 100 Å². The molecule has 1 atom stereocenters. The van der Waals surface area contributed by atoms with Crippen LogP contribution in [0, 0.1) is 0 Å². The minimum Gasteiger partial charge on any atom is -0.384 e. The number of nitrogens with one attached hydrogen (secondary N) is 2. The molecule has 0 aliphatic carbocycles. The molecule has 0 spiro atoms. The summed E-state index contributed by atoms with van der Waals surface area (Å²) in [6.45, 7) is 6.15. The molecule has 2 rings (SSSR count). The number of urea groups is 1. The second-order valence-electron chi connectivity index (χ2n) is 5.85. The first-order valence-electron chi connectivity index (χ1n) is 7.47. The van der Waals surface area contributed by atoms with E-state index in [2.05, 4.69) is 20.8 Å². The summed E-state index contributed by atoms with van der Waals surface area (Å²) in [4.78, 5) is 16.0. The van der Waals surface area contributed by atoms with E-state index in [4.69, 9.17) is 4.52 Å². The lowest BCUT2D eigenvalue weighted by Crippen LogP contribution is -2.43. The SMILES string of the molecule is CC(C)c1noc(CCNC(=O)NC[C@@](C)(O)c2ccsc2)n1. The molecule has 0 bridgehead atoms. The van der Waals surface area contributed by atoms with E-state index in [1.54, 1.807) is 6.92 Å². The van der Waals surface area contributed by atoms with Gasteiger partial charge in [0, 0.05) is 18.9 Å². The summed E-state index contributed by atoms with van der Waals surface area (Å²) >= 11 is 1.50. The van der Waals surface area contributed by atoms with Crippen LogP contribution in [0.25, 0.3) is 0 Å². The lowest BCUT2D eigenvalue weighted by atomic mass is 9.99. The summed E-state index contributed by atoms with van der Waals surface area (Å²) in [5, 5.41) is 23.3. The van der Waals surface area contributed by atoms with Crippen molar-refractivity contribution >= 4 is 17.4 Å². The van der Waals surface area contributed by atoms with Gasteiger partial charge in [-0.2, -0.15) is 16.3 Å². The van der Waals surface area contributed by atoms with Crippen molar-refractivity contribution in [3.05, 3.63) is 34.1 Å². The largest absolute Gasteiger partial charge is 0.384 e. The van der Waals surface area contributed by atoms with Crippen LogP contribution in [0.1, 0.15) is 44.0 Å². The van der Waals surface area contributed by atoms with Gasteiger partial charge >= 0.3 is 6.03 Å². The molecule has 126 valence electrons. The fraction of sp³-hybridized carbons (Fsp3) is 0.533. The number of amides is 2. The van der Waals surface area contributed by atoms with E-state index >= 15 is 0 Å². The summed E-state index contributed by atoms with van der Waals surface area (Å²) < 4.78 is 5.10. The normalized spacial score (nSPS) is 13.8. The first-order valence-corrected chi connectivity index (χ1v) is 8.42. The molecule has 0 aromatic carbocycles. The zero-order chi connectivity index (χ0) is 16.9. The quantitative estimate of drug-likeness (QED) is 0.717. The zero-order valence-electron chi connectivity index (χ0n) is 13.5. The fourth-order valence-electron chi connectivity index (χ4n) is 1.87. The molecule has 2 amide bonds. The van der Waals surface area contributed by atoms with Crippen molar-refractivity contribution < 1.29 is 14.4 Å². The molecule has 0 saturated heterocycles.